The van der Waals surface area contributed by atoms with Crippen molar-refractivity contribution in [3.8, 4) is 22.5 Å². The van der Waals surface area contributed by atoms with Crippen LogP contribution in [0.25, 0.3) is 22.5 Å². The van der Waals surface area contributed by atoms with Crippen molar-refractivity contribution in [3.63, 3.8) is 0 Å². The van der Waals surface area contributed by atoms with Crippen molar-refractivity contribution in [2.75, 3.05) is 0 Å². The Kier molecular flexibility index (Phi) is 5.91. The molecule has 31 heavy (non-hydrogen) atoms. The van der Waals surface area contributed by atoms with Crippen LogP contribution in [-0.4, -0.2) is 29.0 Å². The number of aromatic nitrogens is 3. The Hall–Kier alpha value is -3.20. The van der Waals surface area contributed by atoms with E-state index in [4.69, 9.17) is 11.1 Å². The topological polar surface area (TPSA) is 91.4 Å². The number of H-pyrrole nitrogens is 1. The summed E-state index contributed by atoms with van der Waals surface area (Å²) in [5.74, 6) is 0. The lowest BCUT2D eigenvalue weighted by atomic mass is 10.0. The zero-order valence-corrected chi connectivity index (χ0v) is 18.7. The first kappa shape index (κ1) is 22.5. The van der Waals surface area contributed by atoms with Crippen LogP contribution in [0.4, 0.5) is 13.2 Å². The van der Waals surface area contributed by atoms with Gasteiger partial charge in [-0.1, -0.05) is 49.1 Å². The molecule has 2 heterocycles. The van der Waals surface area contributed by atoms with Crippen molar-refractivity contribution >= 4 is 19.0 Å². The molecule has 0 spiro atoms. The largest absolute Gasteiger partial charge is 0.432 e. The normalized spacial score (nSPS) is 12.8. The minimum Gasteiger partial charge on any atom is -0.402 e. The fourth-order valence-electron chi connectivity index (χ4n) is 3.03. The standard InChI is InChI=1S/C22H24F3N5Si/c1-13(26)8-17(27)18-10-15(14-6-5-7-16(9-14)31(2,3)4)11-19(28-18)20-12-21(30-29-20)22(23,24)25/h5-12,27H,26H2,1-4H3,(H,29,30). The van der Waals surface area contributed by atoms with Gasteiger partial charge in [0.1, 0.15) is 11.4 Å². The van der Waals surface area contributed by atoms with E-state index >= 15 is 0 Å². The fraction of sp³-hybridized carbons (Fsp3) is 0.227. The van der Waals surface area contributed by atoms with Gasteiger partial charge in [-0.05, 0) is 42.3 Å². The van der Waals surface area contributed by atoms with Gasteiger partial charge in [-0.3, -0.25) is 10.5 Å². The Labute approximate surface area is 179 Å². The molecule has 0 amide bonds. The summed E-state index contributed by atoms with van der Waals surface area (Å²) in [7, 11) is -1.58. The van der Waals surface area contributed by atoms with Crippen LogP contribution in [0.2, 0.25) is 19.6 Å². The molecule has 0 unspecified atom stereocenters. The maximum atomic E-state index is 13.0. The molecule has 2 aromatic heterocycles. The second-order valence-electron chi connectivity index (χ2n) is 8.42. The number of nitrogens with zero attached hydrogens (tertiary/aromatic N) is 2. The molecule has 3 rings (SSSR count). The second kappa shape index (κ2) is 8.14. The van der Waals surface area contributed by atoms with Crippen LogP contribution in [0.5, 0.6) is 0 Å². The van der Waals surface area contributed by atoms with Gasteiger partial charge in [-0.25, -0.2) is 4.98 Å². The number of nitrogens with one attached hydrogen (secondary N) is 2. The van der Waals surface area contributed by atoms with Crippen molar-refractivity contribution in [2.24, 2.45) is 5.73 Å². The number of rotatable bonds is 5. The van der Waals surface area contributed by atoms with E-state index in [1.165, 1.54) is 11.3 Å². The summed E-state index contributed by atoms with van der Waals surface area (Å²) in [5, 5.41) is 15.4. The highest BCUT2D eigenvalue weighted by Gasteiger charge is 2.33. The lowest BCUT2D eigenvalue weighted by Gasteiger charge is -2.18. The molecule has 5 nitrogen and oxygen atoms in total. The van der Waals surface area contributed by atoms with Crippen molar-refractivity contribution in [1.29, 1.82) is 5.41 Å². The van der Waals surface area contributed by atoms with Gasteiger partial charge in [0, 0.05) is 5.70 Å². The first-order chi connectivity index (χ1) is 14.3. The molecular weight excluding hydrogens is 419 g/mol. The predicted molar refractivity (Wildman–Crippen MR) is 120 cm³/mol. The lowest BCUT2D eigenvalue weighted by molar-refractivity contribution is -0.141. The molecule has 0 aliphatic carbocycles. The average Bonchev–Trinajstić information content (AvgIpc) is 3.17. The third-order valence-corrected chi connectivity index (χ3v) is 6.72. The summed E-state index contributed by atoms with van der Waals surface area (Å²) in [6.07, 6.45) is -3.08. The highest BCUT2D eigenvalue weighted by molar-refractivity contribution is 6.88. The van der Waals surface area contributed by atoms with E-state index in [0.29, 0.717) is 11.4 Å². The Morgan fingerprint density at radius 3 is 2.35 bits per heavy atom. The van der Waals surface area contributed by atoms with Crippen LogP contribution in [0, 0.1) is 5.41 Å². The van der Waals surface area contributed by atoms with Crippen LogP contribution >= 0.6 is 0 Å². The van der Waals surface area contributed by atoms with E-state index in [0.717, 1.165) is 17.2 Å². The minimum atomic E-state index is -4.54. The molecule has 4 N–H and O–H groups in total. The van der Waals surface area contributed by atoms with Gasteiger partial charge in [-0.2, -0.15) is 18.3 Å². The first-order valence-electron chi connectivity index (χ1n) is 9.63. The van der Waals surface area contributed by atoms with Crippen LogP contribution in [0.3, 0.4) is 0 Å². The summed E-state index contributed by atoms with van der Waals surface area (Å²) in [4.78, 5) is 4.38. The SMILES string of the molecule is CC(N)=CC(=N)c1cc(-c2cccc([Si](C)(C)C)c2)cc(-c2cc(C(F)(F)F)[nH]n2)n1. The summed E-state index contributed by atoms with van der Waals surface area (Å²) in [6.45, 7) is 8.37. The Morgan fingerprint density at radius 2 is 1.77 bits per heavy atom. The molecule has 0 aliphatic heterocycles. The van der Waals surface area contributed by atoms with Gasteiger partial charge in [0.2, 0.25) is 0 Å². The van der Waals surface area contributed by atoms with E-state index < -0.39 is 19.9 Å². The van der Waals surface area contributed by atoms with Gasteiger partial charge in [0.15, 0.2) is 0 Å². The molecule has 0 saturated carbocycles. The van der Waals surface area contributed by atoms with Gasteiger partial charge in [0.25, 0.3) is 0 Å². The van der Waals surface area contributed by atoms with Gasteiger partial charge < -0.3 is 5.73 Å². The monoisotopic (exact) mass is 443 g/mol. The molecule has 0 bridgehead atoms. The summed E-state index contributed by atoms with van der Waals surface area (Å²) < 4.78 is 39.1. The number of aromatic amines is 1. The predicted octanol–water partition coefficient (Wildman–Crippen LogP) is 4.93. The Bertz CT molecular complexity index is 1150. The molecule has 0 fully saturated rings. The van der Waals surface area contributed by atoms with E-state index in [1.54, 1.807) is 19.1 Å². The molecule has 9 heteroatoms. The molecule has 0 saturated heterocycles. The van der Waals surface area contributed by atoms with Crippen LogP contribution in [0.1, 0.15) is 18.3 Å². The van der Waals surface area contributed by atoms with Crippen LogP contribution in [0.15, 0.2) is 54.2 Å². The first-order valence-corrected chi connectivity index (χ1v) is 13.1. The number of allylic oxidation sites excluding steroid dienone is 2. The number of benzene rings is 1. The molecule has 0 radical (unpaired) electrons. The highest BCUT2D eigenvalue weighted by Crippen LogP contribution is 2.31. The maximum absolute atomic E-state index is 13.0. The number of hydrogen-bond donors (Lipinski definition) is 3. The Morgan fingerprint density at radius 1 is 1.06 bits per heavy atom. The van der Waals surface area contributed by atoms with Crippen LogP contribution < -0.4 is 10.9 Å². The van der Waals surface area contributed by atoms with E-state index in [1.807, 2.05) is 17.2 Å². The summed E-state index contributed by atoms with van der Waals surface area (Å²) in [6, 6.07) is 12.4. The third-order valence-electron chi connectivity index (χ3n) is 4.68. The smallest absolute Gasteiger partial charge is 0.402 e. The van der Waals surface area contributed by atoms with Crippen molar-refractivity contribution in [3.05, 3.63) is 65.6 Å². The molecule has 1 aromatic carbocycles. The molecule has 0 aliphatic rings. The summed E-state index contributed by atoms with van der Waals surface area (Å²) >= 11 is 0. The van der Waals surface area contributed by atoms with Gasteiger partial charge in [0.05, 0.1) is 25.2 Å². The molecular formula is C22H24F3N5Si. The van der Waals surface area contributed by atoms with Crippen LogP contribution in [-0.2, 0) is 6.18 Å². The second-order valence-corrected chi connectivity index (χ2v) is 13.5. The maximum Gasteiger partial charge on any atom is 0.432 e. The van der Waals surface area contributed by atoms with Crippen molar-refractivity contribution in [1.82, 2.24) is 15.2 Å². The number of pyridine rings is 1. The molecule has 3 aromatic rings. The number of nitrogens with two attached hydrogens (primary N) is 1. The van der Waals surface area contributed by atoms with E-state index in [9.17, 15) is 13.2 Å². The van der Waals surface area contributed by atoms with Gasteiger partial charge in [-0.15, -0.1) is 0 Å². The zero-order valence-electron chi connectivity index (χ0n) is 17.7. The molecule has 0 atom stereocenters. The highest BCUT2D eigenvalue weighted by atomic mass is 28.3. The number of halogens is 3. The van der Waals surface area contributed by atoms with Crippen molar-refractivity contribution < 1.29 is 13.2 Å². The fourth-order valence-corrected chi connectivity index (χ4v) is 4.22. The Balaban J connectivity index is 2.18. The minimum absolute atomic E-state index is 0.0537. The quantitative estimate of drug-likeness (QED) is 0.386. The third kappa shape index (κ3) is 5.29. The van der Waals surface area contributed by atoms with Crippen molar-refractivity contribution in [2.45, 2.75) is 32.7 Å². The van der Waals surface area contributed by atoms with Gasteiger partial charge >= 0.3 is 6.18 Å². The van der Waals surface area contributed by atoms with E-state index in [-0.39, 0.29) is 17.1 Å². The molecule has 162 valence electrons. The summed E-state index contributed by atoms with van der Waals surface area (Å²) in [5.41, 5.74) is 7.48. The zero-order chi connectivity index (χ0) is 23.0. The number of hydrogen-bond acceptors (Lipinski definition) is 4. The lowest BCUT2D eigenvalue weighted by Crippen LogP contribution is -2.37. The number of alkyl halides is 3. The average molecular weight is 444 g/mol. The van der Waals surface area contributed by atoms with E-state index in [2.05, 4.69) is 41.9 Å².